The highest BCUT2D eigenvalue weighted by Gasteiger charge is 2.27. The highest BCUT2D eigenvalue weighted by molar-refractivity contribution is 4.84. The fraction of sp³-hybridized carbons (Fsp3) is 1.00. The van der Waals surface area contributed by atoms with Crippen molar-refractivity contribution in [2.45, 2.75) is 90.6 Å². The van der Waals surface area contributed by atoms with Crippen LogP contribution in [-0.2, 0) is 0 Å². The molecule has 0 saturated heterocycles. The first-order valence-electron chi connectivity index (χ1n) is 8.43. The minimum absolute atomic E-state index is 0.751. The molecular weight excluding hydrogens is 218 g/mol. The Bertz CT molecular complexity index is 230. The van der Waals surface area contributed by atoms with Crippen LogP contribution in [0, 0.1) is 17.8 Å². The van der Waals surface area contributed by atoms with E-state index in [1.54, 1.807) is 0 Å². The van der Waals surface area contributed by atoms with Crippen molar-refractivity contribution < 1.29 is 0 Å². The Kier molecular flexibility index (Phi) is 5.54. The van der Waals surface area contributed by atoms with Gasteiger partial charge in [-0.25, -0.2) is 0 Å². The summed E-state index contributed by atoms with van der Waals surface area (Å²) >= 11 is 0. The molecule has 0 amide bonds. The first-order valence-corrected chi connectivity index (χ1v) is 8.43. The first kappa shape index (κ1) is 14.4. The lowest BCUT2D eigenvalue weighted by Crippen LogP contribution is -2.44. The van der Waals surface area contributed by atoms with Crippen LogP contribution in [0.4, 0.5) is 0 Å². The van der Waals surface area contributed by atoms with Crippen molar-refractivity contribution in [1.82, 2.24) is 5.32 Å². The van der Waals surface area contributed by atoms with E-state index in [2.05, 4.69) is 26.1 Å². The van der Waals surface area contributed by atoms with Crippen molar-refractivity contribution in [3.05, 3.63) is 0 Å². The SMILES string of the molecule is CC(C)C1CCCC(N[C@@H](C)C2CCCCC2)C1. The molecule has 0 radical (unpaired) electrons. The van der Waals surface area contributed by atoms with E-state index in [4.69, 9.17) is 0 Å². The fourth-order valence-electron chi connectivity index (χ4n) is 4.13. The predicted octanol–water partition coefficient (Wildman–Crippen LogP) is 4.76. The molecule has 2 unspecified atom stereocenters. The van der Waals surface area contributed by atoms with Crippen LogP contribution < -0.4 is 5.32 Å². The van der Waals surface area contributed by atoms with Crippen molar-refractivity contribution in [2.24, 2.45) is 17.8 Å². The summed E-state index contributed by atoms with van der Waals surface area (Å²) in [4.78, 5) is 0. The largest absolute Gasteiger partial charge is 0.311 e. The molecule has 0 aromatic carbocycles. The van der Waals surface area contributed by atoms with Gasteiger partial charge in [0.15, 0.2) is 0 Å². The van der Waals surface area contributed by atoms with Crippen LogP contribution in [0.5, 0.6) is 0 Å². The summed E-state index contributed by atoms with van der Waals surface area (Å²) in [6.07, 6.45) is 13.1. The molecule has 0 bridgehead atoms. The van der Waals surface area contributed by atoms with E-state index in [0.29, 0.717) is 0 Å². The third-order valence-electron chi connectivity index (χ3n) is 5.51. The normalized spacial score (nSPS) is 32.7. The Morgan fingerprint density at radius 1 is 0.778 bits per heavy atom. The maximum Gasteiger partial charge on any atom is 0.00723 e. The number of hydrogen-bond donors (Lipinski definition) is 1. The topological polar surface area (TPSA) is 12.0 Å². The molecule has 2 aliphatic rings. The summed E-state index contributed by atoms with van der Waals surface area (Å²) in [5.41, 5.74) is 0. The summed E-state index contributed by atoms with van der Waals surface area (Å²) in [6, 6.07) is 1.56. The quantitative estimate of drug-likeness (QED) is 0.759. The van der Waals surface area contributed by atoms with Crippen LogP contribution in [0.25, 0.3) is 0 Å². The summed E-state index contributed by atoms with van der Waals surface area (Å²) in [5.74, 6) is 2.80. The number of hydrogen-bond acceptors (Lipinski definition) is 1. The van der Waals surface area contributed by atoms with Gasteiger partial charge in [-0.1, -0.05) is 46.0 Å². The second-order valence-electron chi connectivity index (χ2n) is 7.22. The van der Waals surface area contributed by atoms with E-state index in [0.717, 1.165) is 29.8 Å². The summed E-state index contributed by atoms with van der Waals surface area (Å²) in [7, 11) is 0. The van der Waals surface area contributed by atoms with Crippen LogP contribution in [0.15, 0.2) is 0 Å². The fourth-order valence-corrected chi connectivity index (χ4v) is 4.13. The summed E-state index contributed by atoms with van der Waals surface area (Å²) in [5, 5.41) is 3.97. The maximum absolute atomic E-state index is 3.97. The van der Waals surface area contributed by atoms with Crippen molar-refractivity contribution in [3.8, 4) is 0 Å². The third-order valence-corrected chi connectivity index (χ3v) is 5.51. The van der Waals surface area contributed by atoms with Crippen molar-refractivity contribution in [3.63, 3.8) is 0 Å². The van der Waals surface area contributed by atoms with Gasteiger partial charge in [-0.3, -0.25) is 0 Å². The second-order valence-corrected chi connectivity index (χ2v) is 7.22. The maximum atomic E-state index is 3.97. The summed E-state index contributed by atoms with van der Waals surface area (Å²) < 4.78 is 0. The van der Waals surface area contributed by atoms with Gasteiger partial charge in [0.1, 0.15) is 0 Å². The lowest BCUT2D eigenvalue weighted by molar-refractivity contribution is 0.195. The lowest BCUT2D eigenvalue weighted by atomic mass is 9.78. The molecule has 1 nitrogen and oxygen atoms in total. The molecule has 2 saturated carbocycles. The second kappa shape index (κ2) is 6.93. The van der Waals surface area contributed by atoms with Crippen LogP contribution in [0.3, 0.4) is 0 Å². The molecule has 18 heavy (non-hydrogen) atoms. The molecule has 3 atom stereocenters. The van der Waals surface area contributed by atoms with E-state index >= 15 is 0 Å². The monoisotopic (exact) mass is 251 g/mol. The van der Waals surface area contributed by atoms with Gasteiger partial charge in [0, 0.05) is 12.1 Å². The molecular formula is C17H33N. The first-order chi connectivity index (χ1) is 8.66. The smallest absolute Gasteiger partial charge is 0.00723 e. The molecule has 2 aliphatic carbocycles. The van der Waals surface area contributed by atoms with E-state index in [9.17, 15) is 0 Å². The average Bonchev–Trinajstić information content (AvgIpc) is 2.40. The predicted molar refractivity (Wildman–Crippen MR) is 79.8 cm³/mol. The molecule has 0 aromatic rings. The lowest BCUT2D eigenvalue weighted by Gasteiger charge is -2.36. The van der Waals surface area contributed by atoms with E-state index < -0.39 is 0 Å². The minimum atomic E-state index is 0.751. The Balaban J connectivity index is 1.77. The Labute approximate surface area is 114 Å². The van der Waals surface area contributed by atoms with Crippen molar-refractivity contribution in [2.75, 3.05) is 0 Å². The highest BCUT2D eigenvalue weighted by atomic mass is 15.0. The molecule has 0 aliphatic heterocycles. The molecule has 2 fully saturated rings. The Morgan fingerprint density at radius 2 is 1.44 bits per heavy atom. The zero-order valence-corrected chi connectivity index (χ0v) is 12.8. The molecule has 0 heterocycles. The third kappa shape index (κ3) is 3.98. The van der Waals surface area contributed by atoms with Crippen LogP contribution in [0.2, 0.25) is 0 Å². The van der Waals surface area contributed by atoms with Gasteiger partial charge in [-0.15, -0.1) is 0 Å². The van der Waals surface area contributed by atoms with Crippen molar-refractivity contribution >= 4 is 0 Å². The van der Waals surface area contributed by atoms with Gasteiger partial charge in [-0.05, 0) is 50.4 Å². The van der Waals surface area contributed by atoms with E-state index in [1.165, 1.54) is 57.8 Å². The van der Waals surface area contributed by atoms with Gasteiger partial charge >= 0.3 is 0 Å². The van der Waals surface area contributed by atoms with Gasteiger partial charge in [0.05, 0.1) is 0 Å². The molecule has 106 valence electrons. The minimum Gasteiger partial charge on any atom is -0.311 e. The zero-order valence-electron chi connectivity index (χ0n) is 12.8. The summed E-state index contributed by atoms with van der Waals surface area (Å²) in [6.45, 7) is 7.24. The molecule has 0 aromatic heterocycles. The molecule has 1 heteroatoms. The van der Waals surface area contributed by atoms with Gasteiger partial charge < -0.3 is 5.32 Å². The van der Waals surface area contributed by atoms with Crippen LogP contribution in [0.1, 0.15) is 78.6 Å². The number of nitrogens with one attached hydrogen (secondary N) is 1. The van der Waals surface area contributed by atoms with Gasteiger partial charge in [0.25, 0.3) is 0 Å². The van der Waals surface area contributed by atoms with Crippen LogP contribution >= 0.6 is 0 Å². The molecule has 2 rings (SSSR count). The Hall–Kier alpha value is -0.0400. The van der Waals surface area contributed by atoms with Gasteiger partial charge in [-0.2, -0.15) is 0 Å². The van der Waals surface area contributed by atoms with E-state index in [-0.39, 0.29) is 0 Å². The average molecular weight is 251 g/mol. The molecule has 1 N–H and O–H groups in total. The van der Waals surface area contributed by atoms with E-state index in [1.807, 2.05) is 0 Å². The Morgan fingerprint density at radius 3 is 2.11 bits per heavy atom. The number of rotatable bonds is 4. The molecule has 0 spiro atoms. The van der Waals surface area contributed by atoms with Crippen molar-refractivity contribution in [1.29, 1.82) is 0 Å². The zero-order chi connectivity index (χ0) is 13.0. The highest BCUT2D eigenvalue weighted by Crippen LogP contribution is 2.32. The van der Waals surface area contributed by atoms with Crippen LogP contribution in [-0.4, -0.2) is 12.1 Å². The standard InChI is InChI=1S/C17H33N/c1-13(2)16-10-7-11-17(12-16)18-14(3)15-8-5-4-6-9-15/h13-18H,4-12H2,1-3H3/t14-,16?,17?/m0/s1. The van der Waals surface area contributed by atoms with Gasteiger partial charge in [0.2, 0.25) is 0 Å².